The van der Waals surface area contributed by atoms with Crippen molar-refractivity contribution in [1.29, 1.82) is 0 Å². The van der Waals surface area contributed by atoms with E-state index in [4.69, 9.17) is 5.84 Å². The Kier molecular flexibility index (Phi) is 1.97. The van der Waals surface area contributed by atoms with Gasteiger partial charge in [0.2, 0.25) is 0 Å². The highest BCUT2D eigenvalue weighted by Gasteiger charge is 2.03. The first-order chi connectivity index (χ1) is 3.39. The lowest BCUT2D eigenvalue weighted by Crippen LogP contribution is -2.30. The molecule has 0 aromatic carbocycles. The van der Waals surface area contributed by atoms with Crippen LogP contribution in [-0.4, -0.2) is 29.6 Å². The van der Waals surface area contributed by atoms with E-state index in [2.05, 4.69) is 0 Å². The van der Waals surface area contributed by atoms with Crippen LogP contribution in [0.1, 0.15) is 0 Å². The summed E-state index contributed by atoms with van der Waals surface area (Å²) in [6.45, 7) is 1.90. The normalized spacial score (nSPS) is 25.3. The van der Waals surface area contributed by atoms with E-state index in [9.17, 15) is 0 Å². The van der Waals surface area contributed by atoms with Gasteiger partial charge in [-0.15, -0.1) is 0 Å². The maximum atomic E-state index is 7.09. The molecule has 0 spiro atoms. The van der Waals surface area contributed by atoms with Crippen molar-refractivity contribution in [3.8, 4) is 0 Å². The second kappa shape index (κ2) is 2.55. The summed E-state index contributed by atoms with van der Waals surface area (Å²) in [5.74, 6) is 9.38. The van der Waals surface area contributed by atoms with Gasteiger partial charge in [-0.25, -0.2) is 5.01 Å². The second-order valence-corrected chi connectivity index (χ2v) is 2.82. The van der Waals surface area contributed by atoms with Gasteiger partial charge in [-0.05, 0) is 0 Å². The molecule has 0 bridgehead atoms. The van der Waals surface area contributed by atoms with E-state index in [0.717, 1.165) is 24.6 Å². The second-order valence-electron chi connectivity index (χ2n) is 1.60. The first kappa shape index (κ1) is 5.41. The molecule has 1 radical (unpaired) electrons. The van der Waals surface area contributed by atoms with Gasteiger partial charge >= 0.3 is 0 Å². The predicted molar refractivity (Wildman–Crippen MR) is 32.0 cm³/mol. The summed E-state index contributed by atoms with van der Waals surface area (Å²) in [7, 11) is 0. The van der Waals surface area contributed by atoms with Gasteiger partial charge in [0, 0.05) is 24.6 Å². The fourth-order valence-corrected chi connectivity index (χ4v) is 1.47. The lowest BCUT2D eigenvalue weighted by molar-refractivity contribution is 0.296. The molecule has 1 N–H and O–H groups in total. The van der Waals surface area contributed by atoms with Gasteiger partial charge in [-0.1, -0.05) is 0 Å². The molecule has 1 saturated heterocycles. The largest absolute Gasteiger partial charge is 0.228 e. The molecule has 1 fully saturated rings. The summed E-state index contributed by atoms with van der Waals surface area (Å²) < 4.78 is 0. The SMILES string of the molecule is [NH]N1CCSCC1. The molecule has 7 heavy (non-hydrogen) atoms. The molecule has 0 amide bonds. The summed E-state index contributed by atoms with van der Waals surface area (Å²) in [4.78, 5) is 0. The van der Waals surface area contributed by atoms with Crippen LogP contribution in [-0.2, 0) is 0 Å². The molecular weight excluding hydrogens is 108 g/mol. The first-order valence-electron chi connectivity index (χ1n) is 2.43. The highest BCUT2D eigenvalue weighted by Crippen LogP contribution is 2.05. The molecule has 3 heteroatoms. The van der Waals surface area contributed by atoms with E-state index < -0.39 is 0 Å². The highest BCUT2D eigenvalue weighted by molar-refractivity contribution is 7.99. The predicted octanol–water partition coefficient (Wildman–Crippen LogP) is 0.233. The Morgan fingerprint density at radius 1 is 1.29 bits per heavy atom. The molecule has 41 valence electrons. The average molecular weight is 117 g/mol. The molecule has 2 nitrogen and oxygen atoms in total. The highest BCUT2D eigenvalue weighted by atomic mass is 32.2. The van der Waals surface area contributed by atoms with Crippen molar-refractivity contribution in [1.82, 2.24) is 10.9 Å². The van der Waals surface area contributed by atoms with Crippen LogP contribution in [0.25, 0.3) is 0 Å². The van der Waals surface area contributed by atoms with Gasteiger partial charge in [0.1, 0.15) is 0 Å². The number of nitrogens with one attached hydrogen (secondary N) is 1. The van der Waals surface area contributed by atoms with Gasteiger partial charge in [0.25, 0.3) is 0 Å². The molecule has 0 aliphatic carbocycles. The van der Waals surface area contributed by atoms with Crippen LogP contribution in [0.2, 0.25) is 0 Å². The van der Waals surface area contributed by atoms with E-state index in [0.29, 0.717) is 0 Å². The Morgan fingerprint density at radius 3 is 2.14 bits per heavy atom. The van der Waals surface area contributed by atoms with Gasteiger partial charge < -0.3 is 0 Å². The van der Waals surface area contributed by atoms with Crippen molar-refractivity contribution in [2.75, 3.05) is 24.6 Å². The van der Waals surface area contributed by atoms with Crippen molar-refractivity contribution in [3.05, 3.63) is 0 Å². The standard InChI is InChI=1S/C4H9N2S/c5-6-1-3-7-4-2-6/h5H,1-4H2. The van der Waals surface area contributed by atoms with Gasteiger partial charge in [-0.2, -0.15) is 17.6 Å². The Bertz CT molecular complexity index is 51.7. The van der Waals surface area contributed by atoms with Crippen molar-refractivity contribution < 1.29 is 0 Å². The van der Waals surface area contributed by atoms with Crippen LogP contribution < -0.4 is 5.84 Å². The maximum absolute atomic E-state index is 7.09. The topological polar surface area (TPSA) is 27.0 Å². The average Bonchev–Trinajstić information content (AvgIpc) is 1.69. The van der Waals surface area contributed by atoms with Gasteiger partial charge in [0.05, 0.1) is 0 Å². The van der Waals surface area contributed by atoms with E-state index >= 15 is 0 Å². The molecule has 1 aliphatic rings. The number of thioether (sulfide) groups is 1. The fraction of sp³-hybridized carbons (Fsp3) is 1.00. The zero-order valence-corrected chi connectivity index (χ0v) is 5.00. The third-order valence-electron chi connectivity index (χ3n) is 1.01. The quantitative estimate of drug-likeness (QED) is 0.454. The molecule has 0 aromatic rings. The van der Waals surface area contributed by atoms with Gasteiger partial charge in [-0.3, -0.25) is 0 Å². The molecule has 0 unspecified atom stereocenters. The number of hydrogen-bond donors (Lipinski definition) is 0. The summed E-state index contributed by atoms with van der Waals surface area (Å²) in [5, 5.41) is 1.62. The Balaban J connectivity index is 2.12. The fourth-order valence-electron chi connectivity index (χ4n) is 0.563. The molecule has 0 saturated carbocycles. The summed E-state index contributed by atoms with van der Waals surface area (Å²) in [5.41, 5.74) is 0. The van der Waals surface area contributed by atoms with E-state index in [1.807, 2.05) is 11.8 Å². The molecule has 0 aromatic heterocycles. The molecule has 1 aliphatic heterocycles. The van der Waals surface area contributed by atoms with Crippen molar-refractivity contribution >= 4 is 11.8 Å². The maximum Gasteiger partial charge on any atom is 0.0236 e. The first-order valence-corrected chi connectivity index (χ1v) is 3.59. The minimum atomic E-state index is 0.949. The third-order valence-corrected chi connectivity index (χ3v) is 1.95. The van der Waals surface area contributed by atoms with E-state index in [1.54, 1.807) is 5.01 Å². The number of nitrogens with zero attached hydrogens (tertiary/aromatic N) is 1. The summed E-state index contributed by atoms with van der Waals surface area (Å²) >= 11 is 1.94. The Hall–Kier alpha value is 0.270. The van der Waals surface area contributed by atoms with Crippen molar-refractivity contribution in [3.63, 3.8) is 0 Å². The van der Waals surface area contributed by atoms with E-state index in [-0.39, 0.29) is 0 Å². The van der Waals surface area contributed by atoms with Crippen LogP contribution in [0, 0.1) is 0 Å². The monoisotopic (exact) mass is 117 g/mol. The lowest BCUT2D eigenvalue weighted by atomic mass is 10.6. The molecule has 1 heterocycles. The zero-order chi connectivity index (χ0) is 5.11. The van der Waals surface area contributed by atoms with Gasteiger partial charge in [0.15, 0.2) is 0 Å². The third kappa shape index (κ3) is 1.67. The van der Waals surface area contributed by atoms with Crippen LogP contribution >= 0.6 is 11.8 Å². The van der Waals surface area contributed by atoms with Crippen LogP contribution in [0.4, 0.5) is 0 Å². The van der Waals surface area contributed by atoms with Crippen LogP contribution in [0.15, 0.2) is 0 Å². The smallest absolute Gasteiger partial charge is 0.0236 e. The minimum Gasteiger partial charge on any atom is -0.228 e. The molecular formula is C4H9N2S. The van der Waals surface area contributed by atoms with Crippen molar-refractivity contribution in [2.24, 2.45) is 0 Å². The Morgan fingerprint density at radius 2 is 1.86 bits per heavy atom. The van der Waals surface area contributed by atoms with Crippen molar-refractivity contribution in [2.45, 2.75) is 0 Å². The zero-order valence-electron chi connectivity index (χ0n) is 4.18. The summed E-state index contributed by atoms with van der Waals surface area (Å²) in [6.07, 6.45) is 0. The lowest BCUT2D eigenvalue weighted by Gasteiger charge is -2.18. The number of rotatable bonds is 0. The molecule has 0 atom stereocenters. The van der Waals surface area contributed by atoms with Crippen LogP contribution in [0.3, 0.4) is 0 Å². The Labute approximate surface area is 48.0 Å². The van der Waals surface area contributed by atoms with Crippen LogP contribution in [0.5, 0.6) is 0 Å². The summed E-state index contributed by atoms with van der Waals surface area (Å²) in [6, 6.07) is 0. The number of hydrogen-bond acceptors (Lipinski definition) is 2. The minimum absolute atomic E-state index is 0.949. The molecule has 1 rings (SSSR count). The van der Waals surface area contributed by atoms with E-state index in [1.165, 1.54) is 0 Å².